The van der Waals surface area contributed by atoms with Crippen molar-refractivity contribution in [2.24, 2.45) is 0 Å². The highest BCUT2D eigenvalue weighted by Crippen LogP contribution is 2.34. The van der Waals surface area contributed by atoms with Gasteiger partial charge in [0.05, 0.1) is 16.8 Å². The molecule has 0 unspecified atom stereocenters. The second kappa shape index (κ2) is 5.10. The van der Waals surface area contributed by atoms with E-state index in [0.29, 0.717) is 11.5 Å². The van der Waals surface area contributed by atoms with Gasteiger partial charge in [-0.25, -0.2) is 9.61 Å². The molecule has 112 valence electrons. The molecule has 0 atom stereocenters. The van der Waals surface area contributed by atoms with Gasteiger partial charge in [-0.05, 0) is 18.2 Å². The Balaban J connectivity index is 2.09. The molecular weight excluding hydrogens is 290 g/mol. The van der Waals surface area contributed by atoms with Crippen molar-refractivity contribution in [3.63, 3.8) is 0 Å². The van der Waals surface area contributed by atoms with Crippen molar-refractivity contribution in [3.05, 3.63) is 71.0 Å². The Kier molecular flexibility index (Phi) is 2.94. The molecule has 0 aliphatic heterocycles. The van der Waals surface area contributed by atoms with Crippen LogP contribution in [0.4, 0.5) is 5.82 Å². The topological polar surface area (TPSA) is 89.1 Å². The van der Waals surface area contributed by atoms with E-state index in [1.54, 1.807) is 16.6 Å². The zero-order chi connectivity index (χ0) is 15.8. The second-order valence-corrected chi connectivity index (χ2v) is 5.14. The number of benzene rings is 1. The van der Waals surface area contributed by atoms with E-state index in [4.69, 9.17) is 5.73 Å². The van der Waals surface area contributed by atoms with Crippen molar-refractivity contribution in [2.75, 3.05) is 5.73 Å². The molecule has 3 heterocycles. The lowest BCUT2D eigenvalue weighted by Crippen LogP contribution is -2.05. The number of nitrogens with one attached hydrogen (secondary N) is 1. The first-order valence-corrected chi connectivity index (χ1v) is 7.13. The fraction of sp³-hybridized carbons (Fsp3) is 0. The number of H-pyrrole nitrogens is 1. The van der Waals surface area contributed by atoms with Crippen LogP contribution >= 0.6 is 0 Å². The van der Waals surface area contributed by atoms with Gasteiger partial charge in [-0.3, -0.25) is 4.79 Å². The van der Waals surface area contributed by atoms with E-state index >= 15 is 0 Å². The minimum atomic E-state index is -0.244. The predicted molar refractivity (Wildman–Crippen MR) is 88.9 cm³/mol. The fourth-order valence-electron chi connectivity index (χ4n) is 2.62. The molecule has 3 N–H and O–H groups in total. The number of nitrogens with two attached hydrogens (primary N) is 1. The predicted octanol–water partition coefficient (Wildman–Crippen LogP) is 2.33. The summed E-state index contributed by atoms with van der Waals surface area (Å²) >= 11 is 0. The fourth-order valence-corrected chi connectivity index (χ4v) is 2.62. The van der Waals surface area contributed by atoms with E-state index in [9.17, 15) is 4.79 Å². The molecule has 0 aliphatic carbocycles. The first kappa shape index (κ1) is 13.3. The third kappa shape index (κ3) is 2.17. The summed E-state index contributed by atoms with van der Waals surface area (Å²) in [6.45, 7) is 0. The summed E-state index contributed by atoms with van der Waals surface area (Å²) in [4.78, 5) is 11.3. The molecule has 0 saturated carbocycles. The molecule has 23 heavy (non-hydrogen) atoms. The average Bonchev–Trinajstić information content (AvgIpc) is 2.97. The number of hydrogen-bond acceptors (Lipinski definition) is 4. The number of fused-ring (bicyclic) bond motifs is 1. The number of pyridine rings is 1. The van der Waals surface area contributed by atoms with E-state index in [0.717, 1.165) is 22.3 Å². The molecular formula is C17H13N5O. The minimum Gasteiger partial charge on any atom is -0.384 e. The van der Waals surface area contributed by atoms with Crippen LogP contribution in [0.1, 0.15) is 0 Å². The Hall–Kier alpha value is -3.41. The van der Waals surface area contributed by atoms with Crippen LogP contribution in [0.3, 0.4) is 0 Å². The normalized spacial score (nSPS) is 11.0. The first-order valence-electron chi connectivity index (χ1n) is 7.13. The van der Waals surface area contributed by atoms with Gasteiger partial charge in [0.15, 0.2) is 0 Å². The monoisotopic (exact) mass is 303 g/mol. The maximum Gasteiger partial charge on any atom is 0.264 e. The third-order valence-electron chi connectivity index (χ3n) is 3.67. The average molecular weight is 303 g/mol. The van der Waals surface area contributed by atoms with Crippen LogP contribution in [0.15, 0.2) is 65.5 Å². The molecule has 6 heteroatoms. The van der Waals surface area contributed by atoms with Gasteiger partial charge in [0, 0.05) is 11.6 Å². The Labute approximate surface area is 131 Å². The Morgan fingerprint density at radius 2 is 1.78 bits per heavy atom. The largest absolute Gasteiger partial charge is 0.384 e. The van der Waals surface area contributed by atoms with Crippen molar-refractivity contribution >= 4 is 11.3 Å². The Bertz CT molecular complexity index is 1030. The van der Waals surface area contributed by atoms with Gasteiger partial charge >= 0.3 is 0 Å². The van der Waals surface area contributed by atoms with E-state index in [2.05, 4.69) is 15.3 Å². The maximum atomic E-state index is 11.3. The van der Waals surface area contributed by atoms with Crippen molar-refractivity contribution in [1.29, 1.82) is 0 Å². The number of nitrogens with zero attached hydrogens (tertiary/aromatic N) is 3. The highest BCUT2D eigenvalue weighted by molar-refractivity contribution is 5.91. The van der Waals surface area contributed by atoms with Gasteiger partial charge in [-0.1, -0.05) is 36.4 Å². The maximum absolute atomic E-state index is 11.3. The summed E-state index contributed by atoms with van der Waals surface area (Å²) in [5, 5.41) is 11.3. The van der Waals surface area contributed by atoms with Gasteiger partial charge in [-0.15, -0.1) is 0 Å². The molecule has 0 fully saturated rings. The van der Waals surface area contributed by atoms with Gasteiger partial charge in [0.25, 0.3) is 5.56 Å². The van der Waals surface area contributed by atoms with Crippen LogP contribution in [-0.2, 0) is 0 Å². The molecule has 0 amide bonds. The molecule has 4 aromatic rings. The number of hydrogen-bond donors (Lipinski definition) is 2. The van der Waals surface area contributed by atoms with Crippen LogP contribution < -0.4 is 11.3 Å². The van der Waals surface area contributed by atoms with E-state index < -0.39 is 0 Å². The smallest absolute Gasteiger partial charge is 0.264 e. The quantitative estimate of drug-likeness (QED) is 0.595. The summed E-state index contributed by atoms with van der Waals surface area (Å²) in [6.07, 6.45) is 0. The SMILES string of the molecule is Nc1cccc2c(-c3ccc(=O)[nH]n3)c(-c3ccccc3)nn12. The number of aromatic amines is 1. The van der Waals surface area contributed by atoms with Crippen LogP contribution in [0.2, 0.25) is 0 Å². The van der Waals surface area contributed by atoms with Crippen molar-refractivity contribution in [1.82, 2.24) is 19.8 Å². The summed E-state index contributed by atoms with van der Waals surface area (Å²) in [5.41, 5.74) is 9.83. The van der Waals surface area contributed by atoms with E-state index in [1.165, 1.54) is 6.07 Å². The lowest BCUT2D eigenvalue weighted by Gasteiger charge is -2.02. The lowest BCUT2D eigenvalue weighted by atomic mass is 10.0. The van der Waals surface area contributed by atoms with Crippen LogP contribution in [0.25, 0.3) is 28.0 Å². The van der Waals surface area contributed by atoms with Crippen molar-refractivity contribution < 1.29 is 0 Å². The zero-order valence-electron chi connectivity index (χ0n) is 12.1. The van der Waals surface area contributed by atoms with E-state index in [-0.39, 0.29) is 5.56 Å². The van der Waals surface area contributed by atoms with Crippen molar-refractivity contribution in [3.8, 4) is 22.5 Å². The van der Waals surface area contributed by atoms with Gasteiger partial charge in [0.1, 0.15) is 11.5 Å². The third-order valence-corrected chi connectivity index (χ3v) is 3.67. The Morgan fingerprint density at radius 1 is 0.957 bits per heavy atom. The first-order chi connectivity index (χ1) is 11.2. The standard InChI is InChI=1S/C17H13N5O/c18-14-8-4-7-13-16(12-9-10-15(23)20-19-12)17(21-22(13)14)11-5-2-1-3-6-11/h1-10H,18H2,(H,20,23). The molecule has 6 nitrogen and oxygen atoms in total. The summed E-state index contributed by atoms with van der Waals surface area (Å²) in [5.74, 6) is 0.537. The van der Waals surface area contributed by atoms with Crippen molar-refractivity contribution in [2.45, 2.75) is 0 Å². The molecule has 3 aromatic heterocycles. The molecule has 0 saturated heterocycles. The summed E-state index contributed by atoms with van der Waals surface area (Å²) in [7, 11) is 0. The molecule has 0 spiro atoms. The van der Waals surface area contributed by atoms with Gasteiger partial charge < -0.3 is 5.73 Å². The summed E-state index contributed by atoms with van der Waals surface area (Å²) in [6, 6.07) is 18.5. The summed E-state index contributed by atoms with van der Waals surface area (Å²) < 4.78 is 1.68. The number of nitrogen functional groups attached to an aromatic ring is 1. The highest BCUT2D eigenvalue weighted by Gasteiger charge is 2.18. The number of aromatic nitrogens is 4. The van der Waals surface area contributed by atoms with Crippen LogP contribution in [-0.4, -0.2) is 19.8 Å². The molecule has 1 aromatic carbocycles. The second-order valence-electron chi connectivity index (χ2n) is 5.14. The Morgan fingerprint density at radius 3 is 2.52 bits per heavy atom. The molecule has 0 radical (unpaired) electrons. The molecule has 4 rings (SSSR count). The lowest BCUT2D eigenvalue weighted by molar-refractivity contribution is 0.978. The molecule has 0 aliphatic rings. The van der Waals surface area contributed by atoms with Gasteiger partial charge in [-0.2, -0.15) is 10.2 Å². The number of anilines is 1. The zero-order valence-corrected chi connectivity index (χ0v) is 12.1. The molecule has 0 bridgehead atoms. The van der Waals surface area contributed by atoms with Crippen LogP contribution in [0, 0.1) is 0 Å². The van der Waals surface area contributed by atoms with E-state index in [1.807, 2.05) is 42.5 Å². The minimum absolute atomic E-state index is 0.244. The highest BCUT2D eigenvalue weighted by atomic mass is 16.1. The van der Waals surface area contributed by atoms with Gasteiger partial charge in [0.2, 0.25) is 0 Å². The number of rotatable bonds is 2. The van der Waals surface area contributed by atoms with Crippen LogP contribution in [0.5, 0.6) is 0 Å².